The minimum absolute atomic E-state index is 0.0347. The second-order valence-corrected chi connectivity index (χ2v) is 10.1. The summed E-state index contributed by atoms with van der Waals surface area (Å²) in [6.45, 7) is 5.56. The van der Waals surface area contributed by atoms with Crippen molar-refractivity contribution in [2.75, 3.05) is 5.32 Å². The second kappa shape index (κ2) is 8.71. The molecule has 1 N–H and O–H groups in total. The van der Waals surface area contributed by atoms with Gasteiger partial charge < -0.3 is 14.7 Å². The van der Waals surface area contributed by atoms with Gasteiger partial charge in [0.1, 0.15) is 17.0 Å². The molecule has 0 unspecified atom stereocenters. The molecule has 2 heterocycles. The zero-order chi connectivity index (χ0) is 21.9. The Balaban J connectivity index is 1.77. The Labute approximate surface area is 174 Å². The van der Waals surface area contributed by atoms with Crippen molar-refractivity contribution in [3.8, 4) is 0 Å². The third-order valence-electron chi connectivity index (χ3n) is 4.82. The molecule has 0 spiro atoms. The van der Waals surface area contributed by atoms with Crippen molar-refractivity contribution in [2.24, 2.45) is 5.16 Å². The first-order chi connectivity index (χ1) is 14.1. The smallest absolute Gasteiger partial charge is 0.224 e. The van der Waals surface area contributed by atoms with Crippen LogP contribution < -0.4 is 5.32 Å². The molecule has 1 aromatic heterocycles. The highest BCUT2D eigenvalue weighted by molar-refractivity contribution is 8.05. The lowest BCUT2D eigenvalue weighted by Gasteiger charge is -2.13. The van der Waals surface area contributed by atoms with E-state index < -0.39 is 27.0 Å². The van der Waals surface area contributed by atoms with Crippen LogP contribution in [0.15, 0.2) is 21.8 Å². The topological polar surface area (TPSA) is 111 Å². The van der Waals surface area contributed by atoms with Crippen LogP contribution in [0, 0.1) is 5.82 Å². The normalized spacial score (nSPS) is 15.8. The van der Waals surface area contributed by atoms with Crippen LogP contribution in [-0.4, -0.2) is 30.1 Å². The van der Waals surface area contributed by atoms with Gasteiger partial charge in [-0.15, -0.1) is 0 Å². The largest absolute Gasteiger partial charge is 0.389 e. The molecule has 2 aromatic rings. The van der Waals surface area contributed by atoms with Crippen molar-refractivity contribution in [3.63, 3.8) is 0 Å². The van der Waals surface area contributed by atoms with Gasteiger partial charge in [0.05, 0.1) is 5.69 Å². The quantitative estimate of drug-likeness (QED) is 0.614. The number of sulfone groups is 1. The molecule has 0 saturated heterocycles. The SMILES string of the molecule is CCCCCCC(=O)Nc1cc2c(CS(=O)(=O)C3=NOC(C)(C)C3)noc2cc1F. The van der Waals surface area contributed by atoms with Crippen molar-refractivity contribution < 1.29 is 27.0 Å². The molecule has 0 saturated carbocycles. The molecule has 1 aliphatic rings. The van der Waals surface area contributed by atoms with Gasteiger partial charge in [0, 0.05) is 24.3 Å². The molecule has 1 aromatic carbocycles. The Kier molecular flexibility index (Phi) is 6.44. The molecule has 1 amide bonds. The third-order valence-corrected chi connectivity index (χ3v) is 6.41. The van der Waals surface area contributed by atoms with Gasteiger partial charge in [-0.2, -0.15) is 0 Å². The maximum Gasteiger partial charge on any atom is 0.224 e. The third kappa shape index (κ3) is 5.16. The Hall–Kier alpha value is -2.49. The lowest BCUT2D eigenvalue weighted by molar-refractivity contribution is -0.116. The van der Waals surface area contributed by atoms with E-state index in [0.717, 1.165) is 31.7 Å². The number of unbranched alkanes of at least 4 members (excludes halogenated alkanes) is 3. The number of anilines is 1. The summed E-state index contributed by atoms with van der Waals surface area (Å²) in [6, 6.07) is 2.44. The fourth-order valence-electron chi connectivity index (χ4n) is 3.17. The zero-order valence-electron chi connectivity index (χ0n) is 17.3. The standard InChI is InChI=1S/C20H26FN3O5S/c1-4-5-6-7-8-18(25)22-15-9-13-16(23-28-17(13)10-14(15)21)12-30(26,27)19-11-20(2,3)29-24-19/h9-10H,4-8,11-12H2,1-3H3,(H,22,25). The van der Waals surface area contributed by atoms with E-state index in [2.05, 4.69) is 22.6 Å². The highest BCUT2D eigenvalue weighted by Gasteiger charge is 2.36. The molecule has 3 rings (SSSR count). The van der Waals surface area contributed by atoms with Crippen LogP contribution in [0.3, 0.4) is 0 Å². The number of fused-ring (bicyclic) bond motifs is 1. The van der Waals surface area contributed by atoms with Crippen LogP contribution >= 0.6 is 0 Å². The lowest BCUT2D eigenvalue weighted by atomic mass is 10.1. The summed E-state index contributed by atoms with van der Waals surface area (Å²) in [5.74, 6) is -1.44. The van der Waals surface area contributed by atoms with Crippen LogP contribution in [-0.2, 0) is 25.2 Å². The summed E-state index contributed by atoms with van der Waals surface area (Å²) >= 11 is 0. The monoisotopic (exact) mass is 439 g/mol. The van der Waals surface area contributed by atoms with E-state index in [1.165, 1.54) is 6.07 Å². The number of aromatic nitrogens is 1. The molecule has 8 nitrogen and oxygen atoms in total. The molecule has 0 bridgehead atoms. The number of hydrogen-bond donors (Lipinski definition) is 1. The molecular formula is C20H26FN3O5S. The summed E-state index contributed by atoms with van der Waals surface area (Å²) in [7, 11) is -3.79. The Morgan fingerprint density at radius 1 is 1.27 bits per heavy atom. The highest BCUT2D eigenvalue weighted by atomic mass is 32.2. The minimum atomic E-state index is -3.79. The second-order valence-electron chi connectivity index (χ2n) is 8.09. The summed E-state index contributed by atoms with van der Waals surface area (Å²) in [6.07, 6.45) is 4.20. The van der Waals surface area contributed by atoms with Crippen LogP contribution in [0.1, 0.15) is 65.0 Å². The van der Waals surface area contributed by atoms with Gasteiger partial charge in [-0.05, 0) is 26.3 Å². The Morgan fingerprint density at radius 3 is 2.70 bits per heavy atom. The Bertz CT molecular complexity index is 1080. The maximum absolute atomic E-state index is 14.3. The van der Waals surface area contributed by atoms with E-state index in [1.54, 1.807) is 13.8 Å². The fraction of sp³-hybridized carbons (Fsp3) is 0.550. The number of halogens is 1. The number of oxime groups is 1. The maximum atomic E-state index is 14.3. The molecule has 1 aliphatic heterocycles. The molecule has 164 valence electrons. The van der Waals surface area contributed by atoms with Gasteiger partial charge in [-0.3, -0.25) is 4.79 Å². The summed E-state index contributed by atoms with van der Waals surface area (Å²) in [5, 5.41) is 10.3. The van der Waals surface area contributed by atoms with E-state index >= 15 is 0 Å². The first kappa shape index (κ1) is 22.2. The van der Waals surface area contributed by atoms with Crippen molar-refractivity contribution in [1.82, 2.24) is 5.16 Å². The molecule has 10 heteroatoms. The molecule has 0 fully saturated rings. The number of nitrogens with one attached hydrogen (secondary N) is 1. The molecule has 0 atom stereocenters. The summed E-state index contributed by atoms with van der Waals surface area (Å²) < 4.78 is 44.8. The first-order valence-electron chi connectivity index (χ1n) is 9.97. The zero-order valence-corrected chi connectivity index (χ0v) is 18.1. The summed E-state index contributed by atoms with van der Waals surface area (Å²) in [4.78, 5) is 17.2. The number of carbonyl (C=O) groups excluding carboxylic acids is 1. The van der Waals surface area contributed by atoms with Crippen LogP contribution in [0.5, 0.6) is 0 Å². The van der Waals surface area contributed by atoms with Crippen molar-refractivity contribution in [1.29, 1.82) is 0 Å². The fourth-order valence-corrected chi connectivity index (χ4v) is 4.62. The number of rotatable bonds is 8. The van der Waals surface area contributed by atoms with E-state index in [9.17, 15) is 17.6 Å². The van der Waals surface area contributed by atoms with Crippen LogP contribution in [0.4, 0.5) is 10.1 Å². The number of benzene rings is 1. The van der Waals surface area contributed by atoms with Gasteiger partial charge in [0.15, 0.2) is 16.4 Å². The Morgan fingerprint density at radius 2 is 2.03 bits per heavy atom. The van der Waals surface area contributed by atoms with Gasteiger partial charge >= 0.3 is 0 Å². The van der Waals surface area contributed by atoms with Gasteiger partial charge in [0.2, 0.25) is 15.7 Å². The highest BCUT2D eigenvalue weighted by Crippen LogP contribution is 2.30. The number of carbonyl (C=O) groups is 1. The van der Waals surface area contributed by atoms with Crippen molar-refractivity contribution in [2.45, 2.75) is 70.7 Å². The van der Waals surface area contributed by atoms with Crippen molar-refractivity contribution >= 4 is 37.4 Å². The molecular weight excluding hydrogens is 413 g/mol. The molecule has 0 aliphatic carbocycles. The van der Waals surface area contributed by atoms with E-state index in [1.807, 2.05) is 0 Å². The van der Waals surface area contributed by atoms with E-state index in [4.69, 9.17) is 9.36 Å². The van der Waals surface area contributed by atoms with Crippen LogP contribution in [0.2, 0.25) is 0 Å². The van der Waals surface area contributed by atoms with E-state index in [0.29, 0.717) is 5.39 Å². The predicted octanol–water partition coefficient (Wildman–Crippen LogP) is 4.30. The lowest BCUT2D eigenvalue weighted by Crippen LogP contribution is -2.23. The molecule has 0 radical (unpaired) electrons. The van der Waals surface area contributed by atoms with Gasteiger partial charge in [0.25, 0.3) is 0 Å². The number of hydrogen-bond acceptors (Lipinski definition) is 7. The molecule has 30 heavy (non-hydrogen) atoms. The number of amides is 1. The summed E-state index contributed by atoms with van der Waals surface area (Å²) in [5.41, 5.74) is -0.501. The predicted molar refractivity (Wildman–Crippen MR) is 111 cm³/mol. The van der Waals surface area contributed by atoms with Crippen molar-refractivity contribution in [3.05, 3.63) is 23.6 Å². The van der Waals surface area contributed by atoms with Gasteiger partial charge in [-0.25, -0.2) is 12.8 Å². The average Bonchev–Trinajstić information content (AvgIpc) is 3.22. The minimum Gasteiger partial charge on any atom is -0.389 e. The first-order valence-corrected chi connectivity index (χ1v) is 11.6. The van der Waals surface area contributed by atoms with Gasteiger partial charge in [-0.1, -0.05) is 36.5 Å². The number of nitrogens with zero attached hydrogens (tertiary/aromatic N) is 2. The van der Waals surface area contributed by atoms with Crippen LogP contribution in [0.25, 0.3) is 11.0 Å². The average molecular weight is 440 g/mol. The van der Waals surface area contributed by atoms with E-state index in [-0.39, 0.29) is 40.8 Å².